The van der Waals surface area contributed by atoms with Gasteiger partial charge in [-0.1, -0.05) is 36.8 Å². The zero-order valence-corrected chi connectivity index (χ0v) is 13.2. The predicted octanol–water partition coefficient (Wildman–Crippen LogP) is 3.48. The molecule has 2 saturated carbocycles. The Hall–Kier alpha value is -2.04. The van der Waals surface area contributed by atoms with Gasteiger partial charge in [-0.2, -0.15) is 0 Å². The van der Waals surface area contributed by atoms with Crippen LogP contribution >= 0.6 is 0 Å². The van der Waals surface area contributed by atoms with Crippen LogP contribution in [-0.4, -0.2) is 22.7 Å². The summed E-state index contributed by atoms with van der Waals surface area (Å²) >= 11 is 0. The second kappa shape index (κ2) is 6.22. The highest BCUT2D eigenvalue weighted by atomic mass is 16.5. The fraction of sp³-hybridized carbons (Fsp3) is 0.556. The van der Waals surface area contributed by atoms with E-state index in [2.05, 4.69) is 5.32 Å². The summed E-state index contributed by atoms with van der Waals surface area (Å²) in [5.41, 5.74) is -0.179. The first-order valence-corrected chi connectivity index (χ1v) is 8.26. The van der Waals surface area contributed by atoms with E-state index < -0.39 is 17.6 Å². The summed E-state index contributed by atoms with van der Waals surface area (Å²) in [6.45, 7) is 0.146. The van der Waals surface area contributed by atoms with Gasteiger partial charge in [-0.15, -0.1) is 0 Å². The molecule has 0 aromatic heterocycles. The van der Waals surface area contributed by atoms with E-state index >= 15 is 0 Å². The Morgan fingerprint density at radius 2 is 1.74 bits per heavy atom. The molecule has 2 aliphatic rings. The molecule has 0 bridgehead atoms. The molecular formula is C18H23NO4. The first kappa shape index (κ1) is 15.8. The summed E-state index contributed by atoms with van der Waals surface area (Å²) in [7, 11) is 0. The molecule has 5 heteroatoms. The molecule has 2 N–H and O–H groups in total. The maximum Gasteiger partial charge on any atom is 0.408 e. The van der Waals surface area contributed by atoms with Crippen LogP contribution in [0.4, 0.5) is 4.79 Å². The Morgan fingerprint density at radius 3 is 2.35 bits per heavy atom. The highest BCUT2D eigenvalue weighted by molar-refractivity contribution is 5.84. The maximum atomic E-state index is 12.1. The van der Waals surface area contributed by atoms with E-state index in [-0.39, 0.29) is 12.0 Å². The monoisotopic (exact) mass is 317 g/mol. The molecule has 2 aliphatic carbocycles. The smallest absolute Gasteiger partial charge is 0.408 e. The van der Waals surface area contributed by atoms with Gasteiger partial charge < -0.3 is 15.2 Å². The van der Waals surface area contributed by atoms with Crippen LogP contribution in [0.3, 0.4) is 0 Å². The lowest BCUT2D eigenvalue weighted by Gasteiger charge is -2.51. The predicted molar refractivity (Wildman–Crippen MR) is 84.9 cm³/mol. The van der Waals surface area contributed by atoms with Gasteiger partial charge in [-0.3, -0.25) is 0 Å². The van der Waals surface area contributed by atoms with Crippen LogP contribution < -0.4 is 5.32 Å². The third-order valence-corrected chi connectivity index (χ3v) is 5.37. The molecule has 5 nitrogen and oxygen atoms in total. The minimum Gasteiger partial charge on any atom is -0.480 e. The van der Waals surface area contributed by atoms with E-state index in [4.69, 9.17) is 4.74 Å². The van der Waals surface area contributed by atoms with Gasteiger partial charge in [-0.25, -0.2) is 9.59 Å². The standard InChI is InChI=1S/C18H23NO4/c20-15(21)18(11-5-10-17(13-18)8-4-9-17)19-16(22)23-12-14-6-2-1-3-7-14/h1-3,6-7H,4-5,8-13H2,(H,19,22)(H,20,21). The third-order valence-electron chi connectivity index (χ3n) is 5.37. The number of aliphatic carboxylic acids is 1. The Bertz CT molecular complexity index is 582. The van der Waals surface area contributed by atoms with Crippen molar-refractivity contribution in [2.45, 2.75) is 57.1 Å². The van der Waals surface area contributed by atoms with Crippen molar-refractivity contribution >= 4 is 12.1 Å². The molecule has 0 heterocycles. The summed E-state index contributed by atoms with van der Waals surface area (Å²) < 4.78 is 5.21. The van der Waals surface area contributed by atoms with Gasteiger partial charge in [0, 0.05) is 0 Å². The zero-order valence-electron chi connectivity index (χ0n) is 13.2. The van der Waals surface area contributed by atoms with Crippen molar-refractivity contribution in [3.8, 4) is 0 Å². The molecular weight excluding hydrogens is 294 g/mol. The average Bonchev–Trinajstić information content (AvgIpc) is 2.52. The number of carboxylic acid groups (broad SMARTS) is 1. The normalized spacial score (nSPS) is 25.4. The molecule has 1 atom stereocenters. The fourth-order valence-electron chi connectivity index (χ4n) is 3.98. The van der Waals surface area contributed by atoms with Crippen molar-refractivity contribution < 1.29 is 19.4 Å². The number of rotatable bonds is 4. The van der Waals surface area contributed by atoms with Crippen LogP contribution in [0, 0.1) is 5.41 Å². The van der Waals surface area contributed by atoms with E-state index in [1.165, 1.54) is 0 Å². The first-order chi connectivity index (χ1) is 11.0. The number of ether oxygens (including phenoxy) is 1. The van der Waals surface area contributed by atoms with Gasteiger partial charge >= 0.3 is 12.1 Å². The van der Waals surface area contributed by atoms with Gasteiger partial charge in [-0.05, 0) is 49.5 Å². The molecule has 23 heavy (non-hydrogen) atoms. The maximum absolute atomic E-state index is 12.1. The minimum atomic E-state index is -1.17. The topological polar surface area (TPSA) is 75.6 Å². The molecule has 1 aromatic rings. The Kier molecular flexibility index (Phi) is 4.28. The van der Waals surface area contributed by atoms with Gasteiger partial charge in [0.1, 0.15) is 12.1 Å². The summed E-state index contributed by atoms with van der Waals surface area (Å²) in [6, 6.07) is 9.37. The molecule has 1 unspecified atom stereocenters. The number of alkyl carbamates (subject to hydrolysis) is 1. The highest BCUT2D eigenvalue weighted by Gasteiger charge is 2.52. The van der Waals surface area contributed by atoms with Crippen LogP contribution in [0.5, 0.6) is 0 Å². The number of benzene rings is 1. The lowest BCUT2D eigenvalue weighted by atomic mass is 9.56. The van der Waals surface area contributed by atoms with Crippen molar-refractivity contribution in [2.24, 2.45) is 5.41 Å². The van der Waals surface area contributed by atoms with Gasteiger partial charge in [0.05, 0.1) is 0 Å². The molecule has 3 rings (SSSR count). The molecule has 2 fully saturated rings. The molecule has 1 amide bonds. The molecule has 1 aromatic carbocycles. The third kappa shape index (κ3) is 3.33. The Balaban J connectivity index is 1.62. The highest BCUT2D eigenvalue weighted by Crippen LogP contribution is 2.54. The van der Waals surface area contributed by atoms with E-state index in [0.717, 1.165) is 37.7 Å². The largest absolute Gasteiger partial charge is 0.480 e. The number of carbonyl (C=O) groups is 2. The molecule has 0 saturated heterocycles. The van der Waals surface area contributed by atoms with E-state index in [1.54, 1.807) is 0 Å². The average molecular weight is 317 g/mol. The van der Waals surface area contributed by atoms with Crippen molar-refractivity contribution in [3.05, 3.63) is 35.9 Å². The minimum absolute atomic E-state index is 0.114. The van der Waals surface area contributed by atoms with Crippen LogP contribution in [0.25, 0.3) is 0 Å². The number of nitrogens with one attached hydrogen (secondary N) is 1. The van der Waals surface area contributed by atoms with E-state index in [1.807, 2.05) is 30.3 Å². The first-order valence-electron chi connectivity index (χ1n) is 8.26. The van der Waals surface area contributed by atoms with Crippen molar-refractivity contribution in [1.82, 2.24) is 5.32 Å². The fourth-order valence-corrected chi connectivity index (χ4v) is 3.98. The van der Waals surface area contributed by atoms with Gasteiger partial charge in [0.25, 0.3) is 0 Å². The van der Waals surface area contributed by atoms with Crippen molar-refractivity contribution in [2.75, 3.05) is 0 Å². The number of hydrogen-bond acceptors (Lipinski definition) is 3. The van der Waals surface area contributed by atoms with E-state index in [0.29, 0.717) is 12.8 Å². The number of carbonyl (C=O) groups excluding carboxylic acids is 1. The zero-order chi connectivity index (χ0) is 16.3. The second-order valence-electron chi connectivity index (χ2n) is 6.96. The van der Waals surface area contributed by atoms with Crippen molar-refractivity contribution in [3.63, 3.8) is 0 Å². The van der Waals surface area contributed by atoms with Crippen LogP contribution in [0.1, 0.15) is 50.5 Å². The number of amides is 1. The summed E-state index contributed by atoms with van der Waals surface area (Å²) in [5.74, 6) is -0.944. The van der Waals surface area contributed by atoms with Gasteiger partial charge in [0.2, 0.25) is 0 Å². The molecule has 1 spiro atoms. The molecule has 124 valence electrons. The SMILES string of the molecule is O=C(NC1(C(=O)O)CCCC2(CCC2)C1)OCc1ccccc1. The van der Waals surface area contributed by atoms with Gasteiger partial charge in [0.15, 0.2) is 0 Å². The van der Waals surface area contributed by atoms with Crippen LogP contribution in [-0.2, 0) is 16.1 Å². The summed E-state index contributed by atoms with van der Waals surface area (Å²) in [4.78, 5) is 24.0. The van der Waals surface area contributed by atoms with E-state index in [9.17, 15) is 14.7 Å². The summed E-state index contributed by atoms with van der Waals surface area (Å²) in [5, 5.41) is 12.4. The van der Waals surface area contributed by atoms with Crippen molar-refractivity contribution in [1.29, 1.82) is 0 Å². The number of carboxylic acids is 1. The van der Waals surface area contributed by atoms with Crippen LogP contribution in [0.15, 0.2) is 30.3 Å². The second-order valence-corrected chi connectivity index (χ2v) is 6.96. The number of hydrogen-bond donors (Lipinski definition) is 2. The quantitative estimate of drug-likeness (QED) is 0.891. The Morgan fingerprint density at radius 1 is 1.09 bits per heavy atom. The van der Waals surface area contributed by atoms with Crippen LogP contribution in [0.2, 0.25) is 0 Å². The lowest BCUT2D eigenvalue weighted by molar-refractivity contribution is -0.150. The molecule has 0 radical (unpaired) electrons. The molecule has 0 aliphatic heterocycles. The lowest BCUT2D eigenvalue weighted by Crippen LogP contribution is -2.60. The summed E-state index contributed by atoms with van der Waals surface area (Å²) in [6.07, 6.45) is 5.57. The Labute approximate surface area is 136 Å².